The zero-order valence-corrected chi connectivity index (χ0v) is 16.1. The monoisotopic (exact) mass is 388 g/mol. The number of amides is 2. The first-order valence-electron chi connectivity index (χ1n) is 10.1. The van der Waals surface area contributed by atoms with Gasteiger partial charge in [0, 0.05) is 44.2 Å². The minimum absolute atomic E-state index is 0.0370. The van der Waals surface area contributed by atoms with Gasteiger partial charge >= 0.3 is 0 Å². The summed E-state index contributed by atoms with van der Waals surface area (Å²) in [6, 6.07) is 4.11. The average molecular weight is 388 g/mol. The van der Waals surface area contributed by atoms with Crippen LogP contribution in [0.15, 0.2) is 18.2 Å². The molecule has 2 N–H and O–H groups in total. The van der Waals surface area contributed by atoms with Gasteiger partial charge in [0.25, 0.3) is 11.6 Å². The Kier molecular flexibility index (Phi) is 6.49. The highest BCUT2D eigenvalue weighted by Gasteiger charge is 2.26. The summed E-state index contributed by atoms with van der Waals surface area (Å²) in [5.74, 6) is 0.583. The van der Waals surface area contributed by atoms with Gasteiger partial charge < -0.3 is 15.5 Å². The third-order valence-corrected chi connectivity index (χ3v) is 5.88. The number of hydrogen-bond acceptors (Lipinski definition) is 5. The molecule has 1 saturated heterocycles. The summed E-state index contributed by atoms with van der Waals surface area (Å²) in [4.78, 5) is 39.0. The third kappa shape index (κ3) is 4.79. The molecule has 0 spiro atoms. The minimum atomic E-state index is -0.588. The maximum absolute atomic E-state index is 12.7. The number of anilines is 1. The summed E-state index contributed by atoms with van der Waals surface area (Å²) in [5, 5.41) is 11.0. The summed E-state index contributed by atoms with van der Waals surface area (Å²) < 4.78 is 0. The molecular weight excluding hydrogens is 360 g/mol. The zero-order chi connectivity index (χ0) is 20.1. The Morgan fingerprint density at radius 1 is 1.07 bits per heavy atom. The lowest BCUT2D eigenvalue weighted by Crippen LogP contribution is -2.50. The number of hydrogen-bond donors (Lipinski definition) is 1. The summed E-state index contributed by atoms with van der Waals surface area (Å²) in [5.41, 5.74) is 5.62. The Labute approximate surface area is 164 Å². The lowest BCUT2D eigenvalue weighted by atomic mass is 9.86. The van der Waals surface area contributed by atoms with Crippen molar-refractivity contribution in [2.75, 3.05) is 31.9 Å². The predicted octanol–water partition coefficient (Wildman–Crippen LogP) is 2.82. The van der Waals surface area contributed by atoms with E-state index in [2.05, 4.69) is 0 Å². The van der Waals surface area contributed by atoms with Crippen LogP contribution < -0.4 is 5.73 Å². The molecule has 152 valence electrons. The standard InChI is InChI=1S/C20H28N4O4/c21-17-8-7-16(14-18(17)24(27)28)20(26)23-12-10-22(11-13-23)19(25)9-6-15-4-2-1-3-5-15/h7-8,14-15H,1-6,9-13,21H2. The number of benzene rings is 1. The van der Waals surface area contributed by atoms with Crippen molar-refractivity contribution in [1.29, 1.82) is 0 Å². The quantitative estimate of drug-likeness (QED) is 0.474. The molecule has 1 heterocycles. The van der Waals surface area contributed by atoms with E-state index in [1.807, 2.05) is 4.90 Å². The van der Waals surface area contributed by atoms with Crippen LogP contribution in [0.2, 0.25) is 0 Å². The number of nitrogens with zero attached hydrogens (tertiary/aromatic N) is 3. The van der Waals surface area contributed by atoms with Gasteiger partial charge in [0.05, 0.1) is 4.92 Å². The van der Waals surface area contributed by atoms with Gasteiger partial charge in [-0.1, -0.05) is 32.1 Å². The van der Waals surface area contributed by atoms with Crippen LogP contribution in [-0.2, 0) is 4.79 Å². The lowest BCUT2D eigenvalue weighted by Gasteiger charge is -2.35. The minimum Gasteiger partial charge on any atom is -0.393 e. The van der Waals surface area contributed by atoms with Crippen molar-refractivity contribution in [2.24, 2.45) is 5.92 Å². The number of rotatable bonds is 5. The summed E-state index contributed by atoms with van der Waals surface area (Å²) in [7, 11) is 0. The van der Waals surface area contributed by atoms with Crippen molar-refractivity contribution in [2.45, 2.75) is 44.9 Å². The normalized spacial score (nSPS) is 18.1. The highest BCUT2D eigenvalue weighted by atomic mass is 16.6. The van der Waals surface area contributed by atoms with Crippen LogP contribution in [-0.4, -0.2) is 52.7 Å². The smallest absolute Gasteiger partial charge is 0.292 e. The number of nitro groups is 1. The molecule has 0 atom stereocenters. The average Bonchev–Trinajstić information content (AvgIpc) is 2.72. The fraction of sp³-hybridized carbons (Fsp3) is 0.600. The van der Waals surface area contributed by atoms with E-state index in [-0.39, 0.29) is 28.8 Å². The zero-order valence-electron chi connectivity index (χ0n) is 16.1. The van der Waals surface area contributed by atoms with Gasteiger partial charge in [0.15, 0.2) is 0 Å². The molecular formula is C20H28N4O4. The first-order chi connectivity index (χ1) is 13.5. The van der Waals surface area contributed by atoms with Crippen LogP contribution in [0.4, 0.5) is 11.4 Å². The van der Waals surface area contributed by atoms with Gasteiger partial charge in [-0.3, -0.25) is 19.7 Å². The van der Waals surface area contributed by atoms with Crippen LogP contribution in [0, 0.1) is 16.0 Å². The van der Waals surface area contributed by atoms with Crippen molar-refractivity contribution in [1.82, 2.24) is 9.80 Å². The second-order valence-corrected chi connectivity index (χ2v) is 7.75. The van der Waals surface area contributed by atoms with Crippen molar-refractivity contribution in [3.8, 4) is 0 Å². The highest BCUT2D eigenvalue weighted by molar-refractivity contribution is 5.95. The Hall–Kier alpha value is -2.64. The molecule has 8 heteroatoms. The van der Waals surface area contributed by atoms with E-state index < -0.39 is 4.92 Å². The number of nitrogen functional groups attached to an aromatic ring is 1. The first-order valence-corrected chi connectivity index (χ1v) is 10.1. The first kappa shape index (κ1) is 20.1. The number of carbonyl (C=O) groups is 2. The Balaban J connectivity index is 1.50. The number of nitrogens with two attached hydrogens (primary N) is 1. The predicted molar refractivity (Wildman–Crippen MR) is 106 cm³/mol. The number of piperazine rings is 1. The molecule has 28 heavy (non-hydrogen) atoms. The Morgan fingerprint density at radius 2 is 1.71 bits per heavy atom. The molecule has 1 aromatic rings. The molecule has 3 rings (SSSR count). The van der Waals surface area contributed by atoms with Gasteiger partial charge in [0.1, 0.15) is 5.69 Å². The molecule has 1 aromatic carbocycles. The fourth-order valence-electron chi connectivity index (χ4n) is 4.14. The largest absolute Gasteiger partial charge is 0.393 e. The van der Waals surface area contributed by atoms with Gasteiger partial charge in [-0.15, -0.1) is 0 Å². The molecule has 0 bridgehead atoms. The SMILES string of the molecule is Nc1ccc(C(=O)N2CCN(C(=O)CCC3CCCCC3)CC2)cc1[N+](=O)[O-]. The van der Waals surface area contributed by atoms with Crippen LogP contribution in [0.1, 0.15) is 55.3 Å². The second kappa shape index (κ2) is 9.03. The molecule has 1 aliphatic carbocycles. The second-order valence-electron chi connectivity index (χ2n) is 7.75. The molecule has 0 unspecified atom stereocenters. The molecule has 2 fully saturated rings. The third-order valence-electron chi connectivity index (χ3n) is 5.88. The van der Waals surface area contributed by atoms with Crippen molar-refractivity contribution in [3.05, 3.63) is 33.9 Å². The molecule has 0 aromatic heterocycles. The van der Waals surface area contributed by atoms with Crippen molar-refractivity contribution < 1.29 is 14.5 Å². The molecule has 0 radical (unpaired) electrons. The van der Waals surface area contributed by atoms with E-state index in [1.165, 1.54) is 50.3 Å². The van der Waals surface area contributed by atoms with E-state index in [0.717, 1.165) is 6.42 Å². The van der Waals surface area contributed by atoms with E-state index in [0.29, 0.717) is 38.5 Å². The molecule has 2 amide bonds. The lowest BCUT2D eigenvalue weighted by molar-refractivity contribution is -0.383. The van der Waals surface area contributed by atoms with Crippen LogP contribution >= 0.6 is 0 Å². The topological polar surface area (TPSA) is 110 Å². The van der Waals surface area contributed by atoms with Gasteiger partial charge in [-0.25, -0.2) is 0 Å². The van der Waals surface area contributed by atoms with E-state index in [9.17, 15) is 19.7 Å². The summed E-state index contributed by atoms with van der Waals surface area (Å²) in [6.45, 7) is 1.89. The summed E-state index contributed by atoms with van der Waals surface area (Å²) >= 11 is 0. The van der Waals surface area contributed by atoms with Crippen molar-refractivity contribution in [3.63, 3.8) is 0 Å². The van der Waals surface area contributed by atoms with Crippen LogP contribution in [0.5, 0.6) is 0 Å². The molecule has 1 aliphatic heterocycles. The number of carbonyl (C=O) groups excluding carboxylic acids is 2. The van der Waals surface area contributed by atoms with Crippen LogP contribution in [0.3, 0.4) is 0 Å². The maximum Gasteiger partial charge on any atom is 0.292 e. The highest BCUT2D eigenvalue weighted by Crippen LogP contribution is 2.28. The molecule has 8 nitrogen and oxygen atoms in total. The molecule has 1 saturated carbocycles. The Bertz CT molecular complexity index is 738. The summed E-state index contributed by atoms with van der Waals surface area (Å²) in [6.07, 6.45) is 7.91. The van der Waals surface area contributed by atoms with E-state index in [4.69, 9.17) is 5.73 Å². The fourth-order valence-corrected chi connectivity index (χ4v) is 4.14. The Morgan fingerprint density at radius 3 is 2.36 bits per heavy atom. The van der Waals surface area contributed by atoms with Crippen LogP contribution in [0.25, 0.3) is 0 Å². The van der Waals surface area contributed by atoms with E-state index in [1.54, 1.807) is 4.90 Å². The molecule has 2 aliphatic rings. The van der Waals surface area contributed by atoms with Gasteiger partial charge in [-0.05, 0) is 24.5 Å². The van der Waals surface area contributed by atoms with Crippen molar-refractivity contribution >= 4 is 23.2 Å². The maximum atomic E-state index is 12.7. The number of nitro benzene ring substituents is 1. The van der Waals surface area contributed by atoms with Gasteiger partial charge in [0.2, 0.25) is 5.91 Å². The van der Waals surface area contributed by atoms with Gasteiger partial charge in [-0.2, -0.15) is 0 Å². The van der Waals surface area contributed by atoms with E-state index >= 15 is 0 Å².